The van der Waals surface area contributed by atoms with Crippen molar-refractivity contribution in [1.29, 1.82) is 0 Å². The summed E-state index contributed by atoms with van der Waals surface area (Å²) in [5.41, 5.74) is -0.788. The van der Waals surface area contributed by atoms with Gasteiger partial charge in [-0.3, -0.25) is 0 Å². The molecule has 0 aromatic heterocycles. The van der Waals surface area contributed by atoms with Crippen molar-refractivity contribution in [2.24, 2.45) is 0 Å². The van der Waals surface area contributed by atoms with E-state index in [1.807, 2.05) is 0 Å². The van der Waals surface area contributed by atoms with Gasteiger partial charge in [-0.2, -0.15) is 13.2 Å². The minimum Gasteiger partial charge on any atom is -0.598 e. The lowest BCUT2D eigenvalue weighted by atomic mass is 9.97. The van der Waals surface area contributed by atoms with Crippen LogP contribution in [0.5, 0.6) is 5.75 Å². The highest BCUT2D eigenvalue weighted by atomic mass is 32.2. The van der Waals surface area contributed by atoms with Crippen molar-refractivity contribution in [3.05, 3.63) is 53.3 Å². The van der Waals surface area contributed by atoms with Crippen LogP contribution in [0.3, 0.4) is 0 Å². The summed E-state index contributed by atoms with van der Waals surface area (Å²) >= 11 is -2.04. The third kappa shape index (κ3) is 5.44. The molecule has 0 amide bonds. The molecule has 0 saturated carbocycles. The van der Waals surface area contributed by atoms with Gasteiger partial charge in [-0.15, -0.1) is 4.72 Å². The summed E-state index contributed by atoms with van der Waals surface area (Å²) in [6.45, 7) is 4.55. The first-order valence-corrected chi connectivity index (χ1v) is 9.86. The molecule has 10 heteroatoms. The molecule has 2 N–H and O–H groups in total. The molecule has 2 rings (SSSR count). The maximum absolute atomic E-state index is 14.4. The smallest absolute Gasteiger partial charge is 0.412 e. The van der Waals surface area contributed by atoms with E-state index in [4.69, 9.17) is 4.74 Å². The molecule has 5 nitrogen and oxygen atoms in total. The van der Waals surface area contributed by atoms with Crippen LogP contribution in [0.2, 0.25) is 0 Å². The Morgan fingerprint density at radius 1 is 1.17 bits per heavy atom. The molecule has 164 valence electrons. The molecule has 0 aliphatic heterocycles. The molecule has 2 aromatic carbocycles. The number of alkyl halides is 3. The standard InChI is InChI=1S/C20H21F4NO4S/c1-19(2,3)30(28)25-17(20(22,23)24)12-5-7-15(21)13(10-12)11-6-8-16(29-4)14(9-11)18(26)27/h5-10,17,25H,1-4H3,(H,26,27). The van der Waals surface area contributed by atoms with Crippen LogP contribution in [0.1, 0.15) is 42.7 Å². The van der Waals surface area contributed by atoms with E-state index in [9.17, 15) is 32.0 Å². The van der Waals surface area contributed by atoms with Crippen molar-refractivity contribution in [3.63, 3.8) is 0 Å². The lowest BCUT2D eigenvalue weighted by Crippen LogP contribution is -2.45. The molecule has 2 atom stereocenters. The number of benzene rings is 2. The van der Waals surface area contributed by atoms with E-state index in [1.165, 1.54) is 40.0 Å². The van der Waals surface area contributed by atoms with E-state index in [2.05, 4.69) is 4.72 Å². The van der Waals surface area contributed by atoms with Gasteiger partial charge in [-0.05, 0) is 56.2 Å². The molecule has 0 fully saturated rings. The SMILES string of the molecule is COc1ccc(-c2cc(C(N[S+]([O-])C(C)(C)C)C(F)(F)F)ccc2F)cc1C(=O)O. The second-order valence-electron chi connectivity index (χ2n) is 7.43. The largest absolute Gasteiger partial charge is 0.598 e. The van der Waals surface area contributed by atoms with E-state index in [0.29, 0.717) is 0 Å². The van der Waals surface area contributed by atoms with Crippen molar-refractivity contribution in [2.75, 3.05) is 7.11 Å². The summed E-state index contributed by atoms with van der Waals surface area (Å²) in [7, 11) is 1.26. The zero-order valence-corrected chi connectivity index (χ0v) is 17.5. The van der Waals surface area contributed by atoms with E-state index in [-0.39, 0.29) is 28.0 Å². The van der Waals surface area contributed by atoms with Crippen molar-refractivity contribution in [2.45, 2.75) is 37.7 Å². The van der Waals surface area contributed by atoms with Gasteiger partial charge in [0.05, 0.1) is 7.11 Å². The minimum atomic E-state index is -4.80. The average Bonchev–Trinajstić information content (AvgIpc) is 2.64. The molecule has 0 aliphatic carbocycles. The monoisotopic (exact) mass is 447 g/mol. The Balaban J connectivity index is 2.56. The zero-order valence-electron chi connectivity index (χ0n) is 16.6. The van der Waals surface area contributed by atoms with Crippen molar-refractivity contribution in [3.8, 4) is 16.9 Å². The second kappa shape index (κ2) is 8.83. The fourth-order valence-corrected chi connectivity index (χ4v) is 3.43. The van der Waals surface area contributed by atoms with E-state index in [0.717, 1.165) is 24.3 Å². The molecule has 0 bridgehead atoms. The van der Waals surface area contributed by atoms with Gasteiger partial charge < -0.3 is 14.4 Å². The summed E-state index contributed by atoms with van der Waals surface area (Å²) in [5.74, 6) is -2.14. The van der Waals surface area contributed by atoms with Crippen LogP contribution < -0.4 is 9.46 Å². The fourth-order valence-electron chi connectivity index (χ4n) is 2.59. The van der Waals surface area contributed by atoms with Gasteiger partial charge >= 0.3 is 12.1 Å². The number of rotatable bonds is 6. The maximum Gasteiger partial charge on any atom is 0.412 e. The number of carbonyl (C=O) groups is 1. The number of hydrogen-bond donors (Lipinski definition) is 2. The van der Waals surface area contributed by atoms with Gasteiger partial charge in [-0.1, -0.05) is 12.1 Å². The highest BCUT2D eigenvalue weighted by molar-refractivity contribution is 7.90. The van der Waals surface area contributed by atoms with Crippen LogP contribution in [0, 0.1) is 5.82 Å². The molecule has 0 radical (unpaired) electrons. The number of aromatic carboxylic acids is 1. The summed E-state index contributed by atoms with van der Waals surface area (Å²) < 4.78 is 73.8. The van der Waals surface area contributed by atoms with Gasteiger partial charge in [0.2, 0.25) is 0 Å². The van der Waals surface area contributed by atoms with Crippen LogP contribution in [0.25, 0.3) is 11.1 Å². The molecule has 0 saturated heterocycles. The van der Waals surface area contributed by atoms with Gasteiger partial charge in [0.15, 0.2) is 6.04 Å². The predicted octanol–water partition coefficient (Wildman–Crippen LogP) is 4.85. The number of halogens is 4. The van der Waals surface area contributed by atoms with Gasteiger partial charge in [0.1, 0.15) is 21.9 Å². The summed E-state index contributed by atoms with van der Waals surface area (Å²) in [4.78, 5) is 11.4. The Bertz CT molecular complexity index is 928. The Kier molecular flexibility index (Phi) is 7.05. The van der Waals surface area contributed by atoms with E-state index in [1.54, 1.807) is 0 Å². The third-order valence-corrected chi connectivity index (χ3v) is 5.74. The van der Waals surface area contributed by atoms with Crippen LogP contribution in [0.15, 0.2) is 36.4 Å². The van der Waals surface area contributed by atoms with Gasteiger partial charge in [0.25, 0.3) is 0 Å². The summed E-state index contributed by atoms with van der Waals surface area (Å²) in [6, 6.07) is 4.21. The van der Waals surface area contributed by atoms with Gasteiger partial charge in [0, 0.05) is 16.9 Å². The molecule has 30 heavy (non-hydrogen) atoms. The average molecular weight is 447 g/mol. The van der Waals surface area contributed by atoms with Crippen LogP contribution in [0.4, 0.5) is 17.6 Å². The maximum atomic E-state index is 14.4. The second-order valence-corrected chi connectivity index (χ2v) is 9.43. The first-order valence-electron chi connectivity index (χ1n) is 8.71. The Morgan fingerprint density at radius 3 is 2.30 bits per heavy atom. The first-order chi connectivity index (χ1) is 13.8. The first kappa shape index (κ1) is 24.0. The number of hydrogen-bond acceptors (Lipinski definition) is 4. The number of carboxylic acids is 1. The van der Waals surface area contributed by atoms with E-state index >= 15 is 0 Å². The molecular formula is C20H21F4NO4S. The number of nitrogens with one attached hydrogen (secondary N) is 1. The number of methoxy groups -OCH3 is 1. The van der Waals surface area contributed by atoms with Crippen molar-refractivity contribution < 1.29 is 36.8 Å². The molecule has 2 aromatic rings. The van der Waals surface area contributed by atoms with Crippen LogP contribution in [-0.2, 0) is 11.4 Å². The molecule has 2 unspecified atom stereocenters. The summed E-state index contributed by atoms with van der Waals surface area (Å²) in [5, 5.41) is 9.30. The van der Waals surface area contributed by atoms with E-state index < -0.39 is 40.1 Å². The van der Waals surface area contributed by atoms with Crippen molar-refractivity contribution in [1.82, 2.24) is 4.72 Å². The predicted molar refractivity (Wildman–Crippen MR) is 105 cm³/mol. The number of ether oxygens (including phenoxy) is 1. The highest BCUT2D eigenvalue weighted by Gasteiger charge is 2.45. The third-order valence-electron chi connectivity index (χ3n) is 4.17. The minimum absolute atomic E-state index is 0.0261. The zero-order chi connectivity index (χ0) is 22.9. The van der Waals surface area contributed by atoms with Gasteiger partial charge in [-0.25, -0.2) is 9.18 Å². The normalized spacial score (nSPS) is 14.3. The molecule has 0 aliphatic rings. The van der Waals surface area contributed by atoms with Crippen LogP contribution >= 0.6 is 0 Å². The Morgan fingerprint density at radius 2 is 1.80 bits per heavy atom. The lowest BCUT2D eigenvalue weighted by Gasteiger charge is -2.29. The molecule has 0 heterocycles. The highest BCUT2D eigenvalue weighted by Crippen LogP contribution is 2.37. The van der Waals surface area contributed by atoms with Crippen LogP contribution in [-0.4, -0.2) is 33.7 Å². The topological polar surface area (TPSA) is 81.6 Å². The quantitative estimate of drug-likeness (QED) is 0.489. The molecule has 0 spiro atoms. The Labute approximate surface area is 174 Å². The lowest BCUT2D eigenvalue weighted by molar-refractivity contribution is -0.153. The molecular weight excluding hydrogens is 426 g/mol. The Hall–Kier alpha value is -2.30. The summed E-state index contributed by atoms with van der Waals surface area (Å²) in [6.07, 6.45) is -4.80. The number of carboxylic acid groups (broad SMARTS) is 1. The van der Waals surface area contributed by atoms with Crippen molar-refractivity contribution >= 4 is 17.3 Å². The fraction of sp³-hybridized carbons (Fsp3) is 0.350.